The molecule has 32 heavy (non-hydrogen) atoms. The first kappa shape index (κ1) is 22.7. The Hall–Kier alpha value is -2.52. The molecule has 1 aliphatic rings. The third kappa shape index (κ3) is 4.63. The van der Waals surface area contributed by atoms with Crippen LogP contribution < -0.4 is 4.90 Å². The maximum absolute atomic E-state index is 12.9. The molecule has 0 aliphatic carbocycles. The lowest BCUT2D eigenvalue weighted by Gasteiger charge is -2.41. The van der Waals surface area contributed by atoms with E-state index in [2.05, 4.69) is 27.9 Å². The van der Waals surface area contributed by atoms with Gasteiger partial charge in [0, 0.05) is 38.3 Å². The quantitative estimate of drug-likeness (QED) is 0.545. The number of fused-ring (bicyclic) bond motifs is 1. The number of aromatic nitrogens is 2. The zero-order chi connectivity index (χ0) is 22.9. The summed E-state index contributed by atoms with van der Waals surface area (Å²) in [7, 11) is -3.47. The van der Waals surface area contributed by atoms with Gasteiger partial charge in [-0.1, -0.05) is 12.1 Å². The molecule has 0 spiro atoms. The topological polar surface area (TPSA) is 83.5 Å². The summed E-state index contributed by atoms with van der Waals surface area (Å²) in [6, 6.07) is 7.31. The van der Waals surface area contributed by atoms with Crippen LogP contribution >= 0.6 is 11.3 Å². The molecule has 0 saturated carbocycles. The number of carbonyl (C=O) groups is 1. The van der Waals surface area contributed by atoms with Gasteiger partial charge in [0.05, 0.1) is 26.4 Å². The molecule has 1 atom stereocenters. The number of sulfone groups is 1. The number of piperazine rings is 1. The van der Waals surface area contributed by atoms with Crippen LogP contribution in [0.3, 0.4) is 0 Å². The summed E-state index contributed by atoms with van der Waals surface area (Å²) in [6.07, 6.45) is 2.41. The van der Waals surface area contributed by atoms with E-state index in [1.54, 1.807) is 17.6 Å². The Morgan fingerprint density at radius 2 is 2.03 bits per heavy atom. The highest BCUT2D eigenvalue weighted by molar-refractivity contribution is 7.91. The Labute approximate surface area is 193 Å². The zero-order valence-electron chi connectivity index (χ0n) is 18.6. The lowest BCUT2D eigenvalue weighted by Crippen LogP contribution is -2.54. The van der Waals surface area contributed by atoms with Gasteiger partial charge in [-0.2, -0.15) is 0 Å². The molecule has 1 aliphatic heterocycles. The van der Waals surface area contributed by atoms with Crippen molar-refractivity contribution in [2.24, 2.45) is 0 Å². The molecule has 0 bridgehead atoms. The smallest absolute Gasteiger partial charge is 0.222 e. The monoisotopic (exact) mass is 472 g/mol. The van der Waals surface area contributed by atoms with E-state index in [0.29, 0.717) is 34.6 Å². The second-order valence-corrected chi connectivity index (χ2v) is 11.3. The van der Waals surface area contributed by atoms with Crippen molar-refractivity contribution in [2.45, 2.75) is 44.6 Å². The largest absolute Gasteiger partial charge is 0.353 e. The summed E-state index contributed by atoms with van der Waals surface area (Å²) in [4.78, 5) is 26.0. The first-order valence-corrected chi connectivity index (χ1v) is 13.3. The Bertz CT molecular complexity index is 1240. The van der Waals surface area contributed by atoms with Gasteiger partial charge < -0.3 is 9.80 Å². The number of aryl methyl sites for hydroxylation is 2. The van der Waals surface area contributed by atoms with Gasteiger partial charge in [-0.05, 0) is 50.5 Å². The van der Waals surface area contributed by atoms with E-state index < -0.39 is 9.84 Å². The number of pyridine rings is 1. The highest BCUT2D eigenvalue weighted by Gasteiger charge is 2.29. The number of amides is 1. The lowest BCUT2D eigenvalue weighted by atomic mass is 10.1. The molecule has 1 fully saturated rings. The van der Waals surface area contributed by atoms with Crippen LogP contribution in [0.1, 0.15) is 30.9 Å². The number of carbonyl (C=O) groups excluding carboxylic acids is 1. The lowest BCUT2D eigenvalue weighted by molar-refractivity contribution is -0.133. The Morgan fingerprint density at radius 3 is 2.78 bits per heavy atom. The highest BCUT2D eigenvalue weighted by Crippen LogP contribution is 2.27. The molecule has 0 radical (unpaired) electrons. The van der Waals surface area contributed by atoms with Crippen molar-refractivity contribution < 1.29 is 13.2 Å². The number of benzene rings is 1. The predicted octanol–water partition coefficient (Wildman–Crippen LogP) is 3.60. The molecule has 1 amide bonds. The van der Waals surface area contributed by atoms with E-state index in [9.17, 15) is 13.2 Å². The maximum Gasteiger partial charge on any atom is 0.222 e. The molecule has 2 aromatic heterocycles. The van der Waals surface area contributed by atoms with Crippen molar-refractivity contribution in [1.29, 1.82) is 0 Å². The molecule has 3 heterocycles. The molecule has 7 nitrogen and oxygen atoms in total. The van der Waals surface area contributed by atoms with E-state index in [1.807, 2.05) is 31.0 Å². The highest BCUT2D eigenvalue weighted by atomic mass is 32.2. The fourth-order valence-corrected chi connectivity index (χ4v) is 6.97. The van der Waals surface area contributed by atoms with Crippen LogP contribution in [-0.2, 0) is 14.6 Å². The second kappa shape index (κ2) is 9.15. The summed E-state index contributed by atoms with van der Waals surface area (Å²) >= 11 is 1.33. The summed E-state index contributed by atoms with van der Waals surface area (Å²) in [5.74, 6) is 0.936. The molecule has 0 N–H and O–H groups in total. The first-order valence-electron chi connectivity index (χ1n) is 10.8. The van der Waals surface area contributed by atoms with E-state index in [-0.39, 0.29) is 24.1 Å². The third-order valence-electron chi connectivity index (χ3n) is 5.89. The van der Waals surface area contributed by atoms with Crippen molar-refractivity contribution in [1.82, 2.24) is 14.9 Å². The van der Waals surface area contributed by atoms with Gasteiger partial charge in [0.2, 0.25) is 5.91 Å². The van der Waals surface area contributed by atoms with E-state index in [0.717, 1.165) is 23.5 Å². The number of rotatable bonds is 6. The minimum atomic E-state index is -3.47. The summed E-state index contributed by atoms with van der Waals surface area (Å²) in [5.41, 5.74) is 4.62. The summed E-state index contributed by atoms with van der Waals surface area (Å²) in [6.45, 7) is 8.18. The molecule has 1 aromatic carbocycles. The molecule has 4 rings (SSSR count). The Kier molecular flexibility index (Phi) is 6.48. The van der Waals surface area contributed by atoms with Gasteiger partial charge in [-0.3, -0.25) is 4.79 Å². The molecular formula is C23H28N4O3S2. The maximum atomic E-state index is 12.9. The van der Waals surface area contributed by atoms with Crippen molar-refractivity contribution >= 4 is 43.1 Å². The van der Waals surface area contributed by atoms with Crippen LogP contribution in [0, 0.1) is 13.8 Å². The van der Waals surface area contributed by atoms with Gasteiger partial charge in [0.1, 0.15) is 5.82 Å². The predicted molar refractivity (Wildman–Crippen MR) is 128 cm³/mol. The average molecular weight is 473 g/mol. The number of nitrogens with zero attached hydrogens (tertiary/aromatic N) is 4. The van der Waals surface area contributed by atoms with Crippen LogP contribution in [0.4, 0.5) is 5.82 Å². The summed E-state index contributed by atoms with van der Waals surface area (Å²) < 4.78 is 26.4. The van der Waals surface area contributed by atoms with E-state index >= 15 is 0 Å². The Balaban J connectivity index is 1.34. The fraction of sp³-hybridized carbons (Fsp3) is 0.435. The number of thiazole rings is 1. The SMILES string of the molecule is Cc1cnc(N2CCN(C(=O)CCCS(=O)(=O)c3cccc4ncsc34)[C@@H](C)C2)c(C)c1. The van der Waals surface area contributed by atoms with Crippen molar-refractivity contribution in [2.75, 3.05) is 30.3 Å². The fourth-order valence-electron chi connectivity index (χ4n) is 4.33. The van der Waals surface area contributed by atoms with Crippen molar-refractivity contribution in [3.8, 4) is 0 Å². The minimum absolute atomic E-state index is 0.0111. The van der Waals surface area contributed by atoms with Crippen LogP contribution in [0.2, 0.25) is 0 Å². The van der Waals surface area contributed by atoms with Crippen LogP contribution in [0.15, 0.2) is 40.9 Å². The summed E-state index contributed by atoms with van der Waals surface area (Å²) in [5, 5.41) is 0. The number of anilines is 1. The molecule has 9 heteroatoms. The standard InChI is InChI=1S/C23H28N4O3S2/c1-16-12-17(2)23(24-13-16)26-9-10-27(18(3)14-26)21(28)8-5-11-32(29,30)20-7-4-6-19-22(20)31-15-25-19/h4,6-7,12-13,15,18H,5,8-11,14H2,1-3H3/t18-/m0/s1. The number of hydrogen-bond acceptors (Lipinski definition) is 7. The molecule has 170 valence electrons. The van der Waals surface area contributed by atoms with Gasteiger partial charge in [-0.25, -0.2) is 18.4 Å². The average Bonchev–Trinajstić information content (AvgIpc) is 3.22. The van der Waals surface area contributed by atoms with Crippen molar-refractivity contribution in [3.63, 3.8) is 0 Å². The van der Waals surface area contributed by atoms with Gasteiger partial charge >= 0.3 is 0 Å². The van der Waals surface area contributed by atoms with E-state index in [4.69, 9.17) is 0 Å². The second-order valence-electron chi connectivity index (χ2n) is 8.41. The first-order chi connectivity index (χ1) is 15.3. The third-order valence-corrected chi connectivity index (χ3v) is 8.74. The zero-order valence-corrected chi connectivity index (χ0v) is 20.2. The van der Waals surface area contributed by atoms with Crippen LogP contribution in [-0.4, -0.2) is 60.6 Å². The van der Waals surface area contributed by atoms with Gasteiger partial charge in [0.25, 0.3) is 0 Å². The molecule has 3 aromatic rings. The normalized spacial score (nSPS) is 17.2. The molecule has 0 unspecified atom stereocenters. The van der Waals surface area contributed by atoms with Crippen LogP contribution in [0.5, 0.6) is 0 Å². The molecular weight excluding hydrogens is 444 g/mol. The minimum Gasteiger partial charge on any atom is -0.353 e. The number of hydrogen-bond donors (Lipinski definition) is 0. The van der Waals surface area contributed by atoms with Crippen LogP contribution in [0.25, 0.3) is 10.2 Å². The van der Waals surface area contributed by atoms with Crippen molar-refractivity contribution in [3.05, 3.63) is 47.1 Å². The van der Waals surface area contributed by atoms with E-state index in [1.165, 1.54) is 11.3 Å². The molecule has 1 saturated heterocycles. The van der Waals surface area contributed by atoms with Gasteiger partial charge in [-0.15, -0.1) is 11.3 Å². The Morgan fingerprint density at radius 1 is 1.22 bits per heavy atom. The van der Waals surface area contributed by atoms with Gasteiger partial charge in [0.15, 0.2) is 9.84 Å².